The molecule has 0 aliphatic heterocycles. The summed E-state index contributed by atoms with van der Waals surface area (Å²) >= 11 is 2.38. The van der Waals surface area contributed by atoms with E-state index in [1.54, 1.807) is 12.4 Å². The monoisotopic (exact) mass is 673 g/mol. The van der Waals surface area contributed by atoms with Crippen LogP contribution in [0.5, 0.6) is 0 Å². The minimum atomic E-state index is 0.522. The van der Waals surface area contributed by atoms with E-state index in [-0.39, 0.29) is 0 Å². The number of rotatable bonds is 3. The Morgan fingerprint density at radius 2 is 1.09 bits per heavy atom. The van der Waals surface area contributed by atoms with Crippen LogP contribution in [0.1, 0.15) is 11.1 Å². The lowest BCUT2D eigenvalue weighted by Crippen LogP contribution is -1.95. The summed E-state index contributed by atoms with van der Waals surface area (Å²) < 4.78 is 3.46. The molecule has 0 N–H and O–H groups in total. The summed E-state index contributed by atoms with van der Waals surface area (Å²) in [7, 11) is 0. The molecule has 5 nitrogen and oxygen atoms in total. The van der Waals surface area contributed by atoms with Gasteiger partial charge in [0.2, 0.25) is 0 Å². The molecule has 5 aromatic carbocycles. The Bertz CT molecular complexity index is 2540. The van der Waals surface area contributed by atoms with Crippen LogP contribution >= 0.6 is 22.6 Å². The first-order valence-corrected chi connectivity index (χ1v) is 15.1. The molecule has 0 bridgehead atoms. The van der Waals surface area contributed by atoms with Crippen LogP contribution in [0, 0.1) is 26.2 Å². The second-order valence-electron chi connectivity index (χ2n) is 10.7. The van der Waals surface area contributed by atoms with Crippen LogP contribution in [-0.2, 0) is 0 Å². The highest BCUT2D eigenvalue weighted by Crippen LogP contribution is 2.46. The molecule has 204 valence electrons. The van der Waals surface area contributed by atoms with E-state index in [1.165, 1.54) is 0 Å². The maximum Gasteiger partial charge on any atom is 0.101 e. The fourth-order valence-electron chi connectivity index (χ4n) is 6.38. The van der Waals surface area contributed by atoms with Crippen molar-refractivity contribution < 1.29 is 0 Å². The van der Waals surface area contributed by atoms with E-state index >= 15 is 0 Å². The molecule has 0 saturated heterocycles. The molecule has 3 heterocycles. The third-order valence-electron chi connectivity index (χ3n) is 8.20. The standard InChI is InChI=1S/C38H20IN5/c39-27-10-11-30-33(26-13-24(18-41)20-43-22-26)16-36-38(34(30)14-27)37-31-9-5-4-8-29(31)32(25-12-23(17-40)19-42-21-25)15-35(37)44(36)28-6-2-1-3-7-28/h1-16,19-22H. The van der Waals surface area contributed by atoms with Gasteiger partial charge in [-0.25, -0.2) is 0 Å². The Balaban J connectivity index is 1.63. The average molecular weight is 674 g/mol. The zero-order valence-electron chi connectivity index (χ0n) is 23.2. The van der Waals surface area contributed by atoms with Crippen LogP contribution in [0.15, 0.2) is 122 Å². The van der Waals surface area contributed by atoms with Crippen molar-refractivity contribution >= 4 is 65.9 Å². The second-order valence-corrected chi connectivity index (χ2v) is 11.9. The molecule has 44 heavy (non-hydrogen) atoms. The number of benzene rings is 5. The van der Waals surface area contributed by atoms with Gasteiger partial charge in [0.1, 0.15) is 12.1 Å². The van der Waals surface area contributed by atoms with Gasteiger partial charge in [-0.05, 0) is 104 Å². The van der Waals surface area contributed by atoms with Gasteiger partial charge in [0.05, 0.1) is 22.2 Å². The zero-order valence-corrected chi connectivity index (χ0v) is 25.3. The molecule has 0 radical (unpaired) electrons. The number of pyridine rings is 2. The highest BCUT2D eigenvalue weighted by Gasteiger charge is 2.22. The van der Waals surface area contributed by atoms with E-state index in [2.05, 4.69) is 128 Å². The van der Waals surface area contributed by atoms with Gasteiger partial charge in [0.25, 0.3) is 0 Å². The van der Waals surface area contributed by atoms with Gasteiger partial charge < -0.3 is 4.57 Å². The first-order chi connectivity index (χ1) is 21.6. The Hall–Kier alpha value is -5.57. The summed E-state index contributed by atoms with van der Waals surface area (Å²) in [5.41, 5.74) is 8.03. The fourth-order valence-corrected chi connectivity index (χ4v) is 6.87. The number of hydrogen-bond acceptors (Lipinski definition) is 4. The molecule has 8 aromatic rings. The van der Waals surface area contributed by atoms with Crippen molar-refractivity contribution in [1.82, 2.24) is 14.5 Å². The quantitative estimate of drug-likeness (QED) is 0.175. The number of para-hydroxylation sites is 1. The van der Waals surface area contributed by atoms with E-state index in [4.69, 9.17) is 0 Å². The molecular weight excluding hydrogens is 653 g/mol. The van der Waals surface area contributed by atoms with Crippen molar-refractivity contribution in [2.75, 3.05) is 0 Å². The predicted molar refractivity (Wildman–Crippen MR) is 184 cm³/mol. The molecule has 0 atom stereocenters. The molecule has 3 aromatic heterocycles. The summed E-state index contributed by atoms with van der Waals surface area (Å²) in [6, 6.07) is 38.2. The first kappa shape index (κ1) is 26.1. The van der Waals surface area contributed by atoms with Gasteiger partial charge in [-0.3, -0.25) is 9.97 Å². The number of aromatic nitrogens is 3. The minimum Gasteiger partial charge on any atom is -0.309 e. The van der Waals surface area contributed by atoms with E-state index < -0.39 is 0 Å². The van der Waals surface area contributed by atoms with Crippen LogP contribution in [0.4, 0.5) is 0 Å². The Morgan fingerprint density at radius 3 is 1.70 bits per heavy atom. The Morgan fingerprint density at radius 1 is 0.545 bits per heavy atom. The van der Waals surface area contributed by atoms with Crippen LogP contribution in [-0.4, -0.2) is 14.5 Å². The first-order valence-electron chi connectivity index (χ1n) is 14.0. The Kier molecular flexibility index (Phi) is 6.11. The Labute approximate surface area is 266 Å². The van der Waals surface area contributed by atoms with Crippen molar-refractivity contribution in [3.63, 3.8) is 0 Å². The molecule has 0 saturated carbocycles. The van der Waals surface area contributed by atoms with Gasteiger partial charge in [-0.15, -0.1) is 0 Å². The largest absolute Gasteiger partial charge is 0.309 e. The van der Waals surface area contributed by atoms with E-state index in [9.17, 15) is 10.5 Å². The third kappa shape index (κ3) is 4.04. The van der Waals surface area contributed by atoms with Gasteiger partial charge in [0, 0.05) is 55.9 Å². The van der Waals surface area contributed by atoms with Gasteiger partial charge in [-0.1, -0.05) is 48.5 Å². The summed E-state index contributed by atoms with van der Waals surface area (Å²) in [5.74, 6) is 0. The van der Waals surface area contributed by atoms with Gasteiger partial charge >= 0.3 is 0 Å². The smallest absolute Gasteiger partial charge is 0.101 e. The summed E-state index contributed by atoms with van der Waals surface area (Å²) in [4.78, 5) is 8.79. The van der Waals surface area contributed by atoms with Crippen LogP contribution in [0.2, 0.25) is 0 Å². The average Bonchev–Trinajstić information content (AvgIpc) is 3.42. The summed E-state index contributed by atoms with van der Waals surface area (Å²) in [6.45, 7) is 0. The van der Waals surface area contributed by atoms with Crippen molar-refractivity contribution in [3.05, 3.63) is 137 Å². The lowest BCUT2D eigenvalue weighted by Gasteiger charge is -2.13. The van der Waals surface area contributed by atoms with Gasteiger partial charge in [0.15, 0.2) is 0 Å². The third-order valence-corrected chi connectivity index (χ3v) is 8.88. The van der Waals surface area contributed by atoms with Crippen molar-refractivity contribution in [2.45, 2.75) is 0 Å². The highest BCUT2D eigenvalue weighted by atomic mass is 127. The number of nitrogens with zero attached hydrogens (tertiary/aromatic N) is 5. The summed E-state index contributed by atoms with van der Waals surface area (Å²) in [6.07, 6.45) is 6.85. The van der Waals surface area contributed by atoms with Crippen molar-refractivity contribution in [2.24, 2.45) is 0 Å². The molecule has 6 heteroatoms. The fraction of sp³-hybridized carbons (Fsp3) is 0. The van der Waals surface area contributed by atoms with Crippen molar-refractivity contribution in [3.8, 4) is 40.1 Å². The maximum atomic E-state index is 9.65. The maximum absolute atomic E-state index is 9.65. The lowest BCUT2D eigenvalue weighted by atomic mass is 9.92. The minimum absolute atomic E-state index is 0.522. The van der Waals surface area contributed by atoms with Crippen molar-refractivity contribution in [1.29, 1.82) is 10.5 Å². The number of fused-ring (bicyclic) bond motifs is 7. The normalized spacial score (nSPS) is 11.2. The zero-order chi connectivity index (χ0) is 29.8. The molecule has 0 aliphatic carbocycles. The predicted octanol–water partition coefficient (Wildman–Crippen LogP) is 9.56. The van der Waals surface area contributed by atoms with Gasteiger partial charge in [-0.2, -0.15) is 10.5 Å². The molecule has 0 spiro atoms. The molecule has 0 aliphatic rings. The lowest BCUT2D eigenvalue weighted by molar-refractivity contribution is 1.18. The molecule has 0 amide bonds. The number of nitriles is 2. The number of halogens is 1. The molecular formula is C38H20IN5. The second kappa shape index (κ2) is 10.3. The molecule has 0 fully saturated rings. The number of hydrogen-bond donors (Lipinski definition) is 0. The van der Waals surface area contributed by atoms with Crippen LogP contribution in [0.3, 0.4) is 0 Å². The topological polar surface area (TPSA) is 78.3 Å². The SMILES string of the molecule is N#Cc1cncc(-c2cc3c(c4ccccc24)c2c4cc(I)ccc4c(-c4cncc(C#N)c4)cc2n3-c2ccccc2)c1. The van der Waals surface area contributed by atoms with Crippen LogP contribution < -0.4 is 0 Å². The molecule has 0 unspecified atom stereocenters. The summed E-state index contributed by atoms with van der Waals surface area (Å²) in [5, 5.41) is 26.1. The molecule has 8 rings (SSSR count). The van der Waals surface area contributed by atoms with Crippen LogP contribution in [0.25, 0.3) is 71.3 Å². The highest BCUT2D eigenvalue weighted by molar-refractivity contribution is 14.1. The van der Waals surface area contributed by atoms with E-state index in [0.717, 1.165) is 74.9 Å². The van der Waals surface area contributed by atoms with E-state index in [0.29, 0.717) is 11.1 Å². The van der Waals surface area contributed by atoms with E-state index in [1.807, 2.05) is 30.6 Å².